The molecule has 3 nitrogen and oxygen atoms in total. The highest BCUT2D eigenvalue weighted by molar-refractivity contribution is 5.86. The molecule has 43 heavy (non-hydrogen) atoms. The van der Waals surface area contributed by atoms with Gasteiger partial charge in [-0.05, 0) is 72.1 Å². The lowest BCUT2D eigenvalue weighted by Crippen LogP contribution is -2.11. The molecular weight excluding hydrogens is 522 g/mol. The number of nitrogens with zero attached hydrogens (tertiary/aromatic N) is 3. The molecule has 6 aromatic carbocycles. The Morgan fingerprint density at radius 1 is 0.465 bits per heavy atom. The number of hydrogen-bond acceptors (Lipinski definition) is 3. The molecule has 0 saturated carbocycles. The van der Waals surface area contributed by atoms with Crippen molar-refractivity contribution in [3.63, 3.8) is 0 Å². The van der Waals surface area contributed by atoms with Gasteiger partial charge in [0.25, 0.3) is 0 Å². The van der Waals surface area contributed by atoms with E-state index >= 15 is 0 Å². The van der Waals surface area contributed by atoms with E-state index in [1.165, 1.54) is 5.56 Å². The first kappa shape index (κ1) is 27.5. The van der Waals surface area contributed by atoms with Crippen molar-refractivity contribution in [3.05, 3.63) is 198 Å². The molecule has 0 aliphatic heterocycles. The van der Waals surface area contributed by atoms with Crippen molar-refractivity contribution in [2.45, 2.75) is 6.92 Å². The number of aryl methyl sites for hydroxylation is 1. The smallest absolute Gasteiger partial charge is 0.0652 e. The molecule has 0 aliphatic rings. The third kappa shape index (κ3) is 6.80. The Balaban J connectivity index is 1.37. The lowest BCUT2D eigenvalue weighted by atomic mass is 9.98. The van der Waals surface area contributed by atoms with E-state index in [0.29, 0.717) is 0 Å². The predicted octanol–water partition coefficient (Wildman–Crippen LogP) is 10.4. The summed E-state index contributed by atoms with van der Waals surface area (Å²) in [4.78, 5) is 2.26. The molecule has 0 heterocycles. The van der Waals surface area contributed by atoms with Gasteiger partial charge in [-0.3, -0.25) is 0 Å². The van der Waals surface area contributed by atoms with Crippen LogP contribution in [0.25, 0.3) is 5.57 Å². The van der Waals surface area contributed by atoms with Gasteiger partial charge in [-0.2, -0.15) is 5.10 Å². The van der Waals surface area contributed by atoms with Crippen molar-refractivity contribution in [2.24, 2.45) is 5.10 Å². The molecule has 0 unspecified atom stereocenters. The molecule has 0 atom stereocenters. The largest absolute Gasteiger partial charge is 0.317 e. The number of rotatable bonds is 9. The van der Waals surface area contributed by atoms with Gasteiger partial charge in [0, 0.05) is 23.1 Å². The van der Waals surface area contributed by atoms with E-state index in [1.54, 1.807) is 0 Å². The van der Waals surface area contributed by atoms with E-state index in [9.17, 15) is 0 Å². The Morgan fingerprint density at radius 2 is 0.884 bits per heavy atom. The van der Waals surface area contributed by atoms with Crippen LogP contribution in [0.4, 0.5) is 22.7 Å². The van der Waals surface area contributed by atoms with E-state index in [4.69, 9.17) is 5.10 Å². The van der Waals surface area contributed by atoms with E-state index in [-0.39, 0.29) is 0 Å². The monoisotopic (exact) mass is 555 g/mol. The van der Waals surface area contributed by atoms with Crippen molar-refractivity contribution < 1.29 is 0 Å². The highest BCUT2D eigenvalue weighted by Gasteiger charge is 2.12. The number of para-hydroxylation sites is 2. The minimum absolute atomic E-state index is 1.01. The summed E-state index contributed by atoms with van der Waals surface area (Å²) in [5, 5.41) is 6.85. The van der Waals surface area contributed by atoms with Crippen LogP contribution in [0.15, 0.2) is 181 Å². The topological polar surface area (TPSA) is 18.8 Å². The molecule has 3 heteroatoms. The van der Waals surface area contributed by atoms with Gasteiger partial charge >= 0.3 is 0 Å². The minimum atomic E-state index is 1.01. The first-order chi connectivity index (χ1) is 21.2. The number of hydrazone groups is 1. The van der Waals surface area contributed by atoms with Crippen LogP contribution in [0, 0.1) is 6.92 Å². The van der Waals surface area contributed by atoms with Crippen molar-refractivity contribution in [1.82, 2.24) is 0 Å². The number of hydrogen-bond donors (Lipinski definition) is 0. The maximum Gasteiger partial charge on any atom is 0.0652 e. The zero-order chi connectivity index (χ0) is 29.3. The SMILES string of the molecule is Cc1ccc(N(C=C(c2ccccc2)c2ccccc2)c2ccc(C=NN(c3ccccc3)c3ccccc3)cc2)cc1. The molecule has 0 saturated heterocycles. The molecule has 6 aromatic rings. The first-order valence-electron chi connectivity index (χ1n) is 14.5. The van der Waals surface area contributed by atoms with Crippen LogP contribution in [0.5, 0.6) is 0 Å². The highest BCUT2D eigenvalue weighted by Crippen LogP contribution is 2.32. The summed E-state index contributed by atoms with van der Waals surface area (Å²) >= 11 is 0. The summed E-state index contributed by atoms with van der Waals surface area (Å²) in [6.45, 7) is 2.12. The average molecular weight is 556 g/mol. The minimum Gasteiger partial charge on any atom is -0.317 e. The summed E-state index contributed by atoms with van der Waals surface area (Å²) in [6.07, 6.45) is 4.15. The van der Waals surface area contributed by atoms with Gasteiger partial charge in [0.1, 0.15) is 0 Å². The van der Waals surface area contributed by atoms with E-state index in [2.05, 4.69) is 151 Å². The summed E-state index contributed by atoms with van der Waals surface area (Å²) in [7, 11) is 0. The molecule has 0 bridgehead atoms. The zero-order valence-corrected chi connectivity index (χ0v) is 24.2. The Morgan fingerprint density at radius 3 is 1.35 bits per heavy atom. The molecule has 0 amide bonds. The Bertz CT molecular complexity index is 1700. The fourth-order valence-electron chi connectivity index (χ4n) is 4.95. The van der Waals surface area contributed by atoms with Crippen LogP contribution >= 0.6 is 0 Å². The molecule has 0 aliphatic carbocycles. The Hall–Kier alpha value is -5.67. The van der Waals surface area contributed by atoms with Crippen LogP contribution in [0.3, 0.4) is 0 Å². The van der Waals surface area contributed by atoms with Gasteiger partial charge in [-0.15, -0.1) is 0 Å². The molecular formula is C40H33N3. The maximum absolute atomic E-state index is 4.89. The quantitative estimate of drug-likeness (QED) is 0.131. The molecule has 0 N–H and O–H groups in total. The number of anilines is 4. The summed E-state index contributed by atoms with van der Waals surface area (Å²) < 4.78 is 0. The van der Waals surface area contributed by atoms with Gasteiger partial charge in [0.2, 0.25) is 0 Å². The normalized spacial score (nSPS) is 10.8. The predicted molar refractivity (Wildman–Crippen MR) is 182 cm³/mol. The third-order valence-corrected chi connectivity index (χ3v) is 7.23. The summed E-state index contributed by atoms with van der Waals surface area (Å²) in [6, 6.07) is 58.7. The van der Waals surface area contributed by atoms with Crippen molar-refractivity contribution in [3.8, 4) is 0 Å². The molecule has 0 spiro atoms. The second-order valence-corrected chi connectivity index (χ2v) is 10.3. The fourth-order valence-corrected chi connectivity index (χ4v) is 4.95. The van der Waals surface area contributed by atoms with Crippen LogP contribution in [-0.2, 0) is 0 Å². The first-order valence-corrected chi connectivity index (χ1v) is 14.5. The van der Waals surface area contributed by atoms with Gasteiger partial charge < -0.3 is 4.90 Å². The third-order valence-electron chi connectivity index (χ3n) is 7.23. The highest BCUT2D eigenvalue weighted by atomic mass is 15.5. The molecule has 208 valence electrons. The van der Waals surface area contributed by atoms with Crippen molar-refractivity contribution >= 4 is 34.5 Å². The van der Waals surface area contributed by atoms with Crippen molar-refractivity contribution in [2.75, 3.05) is 9.91 Å². The van der Waals surface area contributed by atoms with Crippen LogP contribution in [0.1, 0.15) is 22.3 Å². The number of benzene rings is 6. The molecule has 0 fully saturated rings. The summed E-state index contributed by atoms with van der Waals surface area (Å²) in [5.41, 5.74) is 9.88. The molecule has 0 radical (unpaired) electrons. The van der Waals surface area contributed by atoms with Gasteiger partial charge in [0.05, 0.1) is 17.6 Å². The van der Waals surface area contributed by atoms with Gasteiger partial charge in [0.15, 0.2) is 0 Å². The lowest BCUT2D eigenvalue weighted by Gasteiger charge is -2.24. The lowest BCUT2D eigenvalue weighted by molar-refractivity contribution is 1.09. The molecule has 0 aromatic heterocycles. The Kier molecular flexibility index (Phi) is 8.52. The van der Waals surface area contributed by atoms with Crippen LogP contribution < -0.4 is 9.91 Å². The summed E-state index contributed by atoms with van der Waals surface area (Å²) in [5.74, 6) is 0. The van der Waals surface area contributed by atoms with Crippen LogP contribution in [0.2, 0.25) is 0 Å². The molecule has 6 rings (SSSR count). The fraction of sp³-hybridized carbons (Fsp3) is 0.0250. The van der Waals surface area contributed by atoms with E-state index in [1.807, 2.05) is 47.6 Å². The zero-order valence-electron chi connectivity index (χ0n) is 24.2. The average Bonchev–Trinajstić information content (AvgIpc) is 3.08. The Labute approximate surface area is 254 Å². The van der Waals surface area contributed by atoms with E-state index in [0.717, 1.165) is 45.0 Å². The van der Waals surface area contributed by atoms with Crippen molar-refractivity contribution in [1.29, 1.82) is 0 Å². The van der Waals surface area contributed by atoms with Gasteiger partial charge in [-0.1, -0.05) is 127 Å². The second kappa shape index (κ2) is 13.3. The van der Waals surface area contributed by atoms with Crippen LogP contribution in [-0.4, -0.2) is 6.21 Å². The second-order valence-electron chi connectivity index (χ2n) is 10.3. The van der Waals surface area contributed by atoms with E-state index < -0.39 is 0 Å². The van der Waals surface area contributed by atoms with Gasteiger partial charge in [-0.25, -0.2) is 5.01 Å². The standard InChI is InChI=1S/C40H33N3/c1-32-22-26-36(27-23-32)42(31-40(34-14-6-2-7-15-34)35-16-8-3-9-17-35)37-28-24-33(25-29-37)30-41-43(38-18-10-4-11-19-38)39-20-12-5-13-21-39/h2-31H,1H3. The maximum atomic E-state index is 4.89.